The van der Waals surface area contributed by atoms with Crippen LogP contribution >= 0.6 is 0 Å². The molecule has 0 amide bonds. The van der Waals surface area contributed by atoms with E-state index >= 15 is 0 Å². The lowest BCUT2D eigenvalue weighted by atomic mass is 9.72. The smallest absolute Gasteiger partial charge is 0.320 e. The van der Waals surface area contributed by atoms with Crippen LogP contribution in [0.4, 0.5) is 0 Å². The van der Waals surface area contributed by atoms with Crippen LogP contribution in [-0.4, -0.2) is 23.7 Å². The molecule has 6 heteroatoms. The maximum Gasteiger partial charge on any atom is 0.337 e. The zero-order valence-corrected chi connectivity index (χ0v) is 15.5. The summed E-state index contributed by atoms with van der Waals surface area (Å²) in [4.78, 5) is 12.7. The second-order valence-corrected chi connectivity index (χ2v) is 7.09. The maximum atomic E-state index is 12.7. The fraction of sp³-hybridized carbons (Fsp3) is 0.286. The largest absolute Gasteiger partial charge is 0.337 e. The van der Waals surface area contributed by atoms with Crippen LogP contribution in [-0.2, 0) is 7.05 Å². The van der Waals surface area contributed by atoms with Crippen LogP contribution in [0.5, 0.6) is 0 Å². The molecule has 1 atom stereocenters. The summed E-state index contributed by atoms with van der Waals surface area (Å²) in [6.45, 7) is 8.16. The monoisotopic (exact) mass is 361 g/mol. The lowest BCUT2D eigenvalue weighted by molar-refractivity contribution is 0.274. The quantitative estimate of drug-likeness (QED) is 0.632. The Balaban J connectivity index is 1.75. The van der Waals surface area contributed by atoms with E-state index in [1.807, 2.05) is 48.2 Å². The molecule has 6 nitrogen and oxygen atoms in total. The minimum Gasteiger partial charge on any atom is -0.320 e. The van der Waals surface area contributed by atoms with Crippen LogP contribution < -0.4 is 5.69 Å². The minimum absolute atomic E-state index is 0.105. The molecule has 27 heavy (non-hydrogen) atoms. The van der Waals surface area contributed by atoms with Gasteiger partial charge in [-0.3, -0.25) is 8.97 Å². The van der Waals surface area contributed by atoms with Crippen molar-refractivity contribution in [3.05, 3.63) is 84.1 Å². The molecule has 0 saturated heterocycles. The third-order valence-corrected chi connectivity index (χ3v) is 5.45. The molecule has 3 aromatic rings. The number of imidazole rings is 1. The molecule has 0 bridgehead atoms. The van der Waals surface area contributed by atoms with E-state index in [9.17, 15) is 4.79 Å². The first kappa shape index (κ1) is 17.3. The number of aromatic nitrogens is 5. The number of pyridine rings is 1. The SMILES string of the molecule is C=C/C(=C\C(=C)n1cc2ccccn2c1=O)[C@H](c1nncn1C)C1CCC1. The fourth-order valence-corrected chi connectivity index (χ4v) is 3.76. The van der Waals surface area contributed by atoms with Crippen molar-refractivity contribution in [2.24, 2.45) is 13.0 Å². The van der Waals surface area contributed by atoms with Crippen LogP contribution in [0.1, 0.15) is 31.0 Å². The van der Waals surface area contributed by atoms with Gasteiger partial charge in [-0.15, -0.1) is 10.2 Å². The summed E-state index contributed by atoms with van der Waals surface area (Å²) in [5.41, 5.74) is 2.34. The summed E-state index contributed by atoms with van der Waals surface area (Å²) in [5.74, 6) is 1.54. The van der Waals surface area contributed by atoms with Crippen molar-refractivity contribution in [3.63, 3.8) is 0 Å². The molecular formula is C21H23N5O. The van der Waals surface area contributed by atoms with E-state index in [2.05, 4.69) is 23.4 Å². The van der Waals surface area contributed by atoms with Crippen molar-refractivity contribution < 1.29 is 0 Å². The van der Waals surface area contributed by atoms with Gasteiger partial charge in [0, 0.05) is 31.1 Å². The molecule has 0 aromatic carbocycles. The van der Waals surface area contributed by atoms with E-state index in [-0.39, 0.29) is 11.6 Å². The van der Waals surface area contributed by atoms with E-state index in [1.165, 1.54) is 6.42 Å². The highest BCUT2D eigenvalue weighted by Crippen LogP contribution is 2.43. The molecule has 3 aromatic heterocycles. The third-order valence-electron chi connectivity index (χ3n) is 5.45. The highest BCUT2D eigenvalue weighted by molar-refractivity contribution is 5.61. The van der Waals surface area contributed by atoms with Gasteiger partial charge in [0.15, 0.2) is 0 Å². The topological polar surface area (TPSA) is 57.1 Å². The number of hydrogen-bond acceptors (Lipinski definition) is 3. The highest BCUT2D eigenvalue weighted by atomic mass is 16.1. The predicted molar refractivity (Wildman–Crippen MR) is 106 cm³/mol. The summed E-state index contributed by atoms with van der Waals surface area (Å²) >= 11 is 0. The summed E-state index contributed by atoms with van der Waals surface area (Å²) in [7, 11) is 1.96. The van der Waals surface area contributed by atoms with Crippen molar-refractivity contribution in [1.82, 2.24) is 23.7 Å². The molecule has 0 aliphatic heterocycles. The lowest BCUT2D eigenvalue weighted by Crippen LogP contribution is -2.24. The van der Waals surface area contributed by atoms with E-state index in [0.717, 1.165) is 29.8 Å². The van der Waals surface area contributed by atoms with Gasteiger partial charge in [0.2, 0.25) is 0 Å². The van der Waals surface area contributed by atoms with Crippen molar-refractivity contribution >= 4 is 11.2 Å². The second-order valence-electron chi connectivity index (χ2n) is 7.09. The van der Waals surface area contributed by atoms with Crippen molar-refractivity contribution in [2.45, 2.75) is 25.2 Å². The number of allylic oxidation sites excluding steroid dienone is 4. The van der Waals surface area contributed by atoms with Crippen LogP contribution in [0, 0.1) is 5.92 Å². The molecular weight excluding hydrogens is 338 g/mol. The molecule has 1 aliphatic carbocycles. The van der Waals surface area contributed by atoms with Crippen LogP contribution in [0.3, 0.4) is 0 Å². The van der Waals surface area contributed by atoms with E-state index in [0.29, 0.717) is 11.6 Å². The Morgan fingerprint density at radius 3 is 2.78 bits per heavy atom. The van der Waals surface area contributed by atoms with E-state index in [1.54, 1.807) is 21.5 Å². The van der Waals surface area contributed by atoms with Gasteiger partial charge in [-0.1, -0.05) is 31.7 Å². The summed E-state index contributed by atoms with van der Waals surface area (Å²) in [5, 5.41) is 8.39. The van der Waals surface area contributed by atoms with Crippen molar-refractivity contribution in [3.8, 4) is 0 Å². The van der Waals surface area contributed by atoms with Gasteiger partial charge in [-0.05, 0) is 42.5 Å². The Kier molecular flexibility index (Phi) is 4.39. The first-order valence-corrected chi connectivity index (χ1v) is 9.16. The number of nitrogens with zero attached hydrogens (tertiary/aromatic N) is 5. The van der Waals surface area contributed by atoms with Gasteiger partial charge in [-0.25, -0.2) is 4.79 Å². The van der Waals surface area contributed by atoms with Gasteiger partial charge in [0.05, 0.1) is 5.52 Å². The molecule has 4 rings (SSSR count). The molecule has 0 spiro atoms. The van der Waals surface area contributed by atoms with Crippen molar-refractivity contribution in [2.75, 3.05) is 0 Å². The van der Waals surface area contributed by atoms with Crippen LogP contribution in [0.2, 0.25) is 0 Å². The zero-order valence-electron chi connectivity index (χ0n) is 15.5. The van der Waals surface area contributed by atoms with Gasteiger partial charge in [0.1, 0.15) is 12.2 Å². The lowest BCUT2D eigenvalue weighted by Gasteiger charge is -2.34. The Bertz CT molecular complexity index is 1090. The second kappa shape index (κ2) is 6.87. The van der Waals surface area contributed by atoms with Gasteiger partial charge in [0.25, 0.3) is 0 Å². The fourth-order valence-electron chi connectivity index (χ4n) is 3.76. The average Bonchev–Trinajstić information content (AvgIpc) is 3.20. The third kappa shape index (κ3) is 2.97. The van der Waals surface area contributed by atoms with Gasteiger partial charge < -0.3 is 4.57 Å². The minimum atomic E-state index is -0.130. The Morgan fingerprint density at radius 2 is 2.19 bits per heavy atom. The number of aryl methyl sites for hydroxylation is 1. The molecule has 1 saturated carbocycles. The van der Waals surface area contributed by atoms with Gasteiger partial charge in [-0.2, -0.15) is 0 Å². The molecule has 138 valence electrons. The molecule has 0 N–H and O–H groups in total. The predicted octanol–water partition coefficient (Wildman–Crippen LogP) is 3.40. The Labute approximate surface area is 157 Å². The number of rotatable bonds is 6. The molecule has 0 unspecified atom stereocenters. The molecule has 1 fully saturated rings. The highest BCUT2D eigenvalue weighted by Gasteiger charge is 2.33. The molecule has 1 aliphatic rings. The Hall–Kier alpha value is -3.15. The summed E-state index contributed by atoms with van der Waals surface area (Å²) in [6.07, 6.45) is 12.6. The van der Waals surface area contributed by atoms with Crippen molar-refractivity contribution in [1.29, 1.82) is 0 Å². The number of fused-ring (bicyclic) bond motifs is 1. The van der Waals surface area contributed by atoms with Crippen LogP contribution in [0.15, 0.2) is 72.6 Å². The van der Waals surface area contributed by atoms with E-state index in [4.69, 9.17) is 0 Å². The maximum absolute atomic E-state index is 12.7. The summed E-state index contributed by atoms with van der Waals surface area (Å²) in [6, 6.07) is 5.65. The molecule has 3 heterocycles. The first-order chi connectivity index (χ1) is 13.1. The van der Waals surface area contributed by atoms with Crippen LogP contribution in [0.25, 0.3) is 11.2 Å². The number of hydrogen-bond donors (Lipinski definition) is 0. The van der Waals surface area contributed by atoms with E-state index < -0.39 is 0 Å². The zero-order chi connectivity index (χ0) is 19.0. The average molecular weight is 361 g/mol. The molecule has 0 radical (unpaired) electrons. The summed E-state index contributed by atoms with van der Waals surface area (Å²) < 4.78 is 5.15. The standard InChI is InChI=1S/C21H23N5O/c1-4-16(19(17-8-7-9-17)20-23-22-14-24(20)3)12-15(2)26-13-18-10-5-6-11-25(18)21(26)27/h4-6,10-14,17,19H,1-2,7-9H2,3H3/b16-12+/t19-/m0/s1. The Morgan fingerprint density at radius 1 is 1.37 bits per heavy atom. The van der Waals surface area contributed by atoms with Gasteiger partial charge >= 0.3 is 5.69 Å². The first-order valence-electron chi connectivity index (χ1n) is 9.16. The normalized spacial score (nSPS) is 16.3.